The second kappa shape index (κ2) is 4.60. The Morgan fingerprint density at radius 3 is 2.71 bits per heavy atom. The van der Waals surface area contributed by atoms with Gasteiger partial charge in [0.05, 0.1) is 3.79 Å². The number of thiophene rings is 1. The summed E-state index contributed by atoms with van der Waals surface area (Å²) in [6.07, 6.45) is 0. The van der Waals surface area contributed by atoms with Crippen LogP contribution in [-0.4, -0.2) is 38.8 Å². The number of halogens is 1. The predicted molar refractivity (Wildman–Crippen MR) is 69.8 cm³/mol. The van der Waals surface area contributed by atoms with Crippen LogP contribution in [0.2, 0.25) is 0 Å². The van der Waals surface area contributed by atoms with Crippen LogP contribution in [0.15, 0.2) is 14.1 Å². The van der Waals surface area contributed by atoms with Gasteiger partial charge in [-0.25, -0.2) is 13.1 Å². The summed E-state index contributed by atoms with van der Waals surface area (Å²) in [6.45, 7) is 2.71. The fourth-order valence-corrected chi connectivity index (χ4v) is 4.79. The van der Waals surface area contributed by atoms with E-state index in [-0.39, 0.29) is 10.8 Å². The van der Waals surface area contributed by atoms with E-state index < -0.39 is 15.6 Å². The van der Waals surface area contributed by atoms with Crippen LogP contribution in [0.5, 0.6) is 0 Å². The molecule has 17 heavy (non-hydrogen) atoms. The zero-order chi connectivity index (χ0) is 12.7. The molecular weight excluding hydrogens is 328 g/mol. The van der Waals surface area contributed by atoms with E-state index in [1.807, 2.05) is 6.92 Å². The average molecular weight is 341 g/mol. The molecule has 0 aromatic carbocycles. The molecule has 3 N–H and O–H groups in total. The van der Waals surface area contributed by atoms with Crippen LogP contribution in [0.4, 0.5) is 0 Å². The lowest BCUT2D eigenvalue weighted by Gasteiger charge is -2.37. The molecular formula is C9H13BrN2O3S2. The van der Waals surface area contributed by atoms with Crippen LogP contribution in [0, 0.1) is 6.92 Å². The van der Waals surface area contributed by atoms with Crippen LogP contribution in [0.25, 0.3) is 0 Å². The second-order valence-corrected chi connectivity index (χ2v) is 8.54. The van der Waals surface area contributed by atoms with Gasteiger partial charge < -0.3 is 10.4 Å². The van der Waals surface area contributed by atoms with Crippen molar-refractivity contribution in [2.45, 2.75) is 16.7 Å². The lowest BCUT2D eigenvalue weighted by atomic mass is 9.98. The molecule has 1 aromatic heterocycles. The Morgan fingerprint density at radius 2 is 2.29 bits per heavy atom. The van der Waals surface area contributed by atoms with Crippen LogP contribution in [0.1, 0.15) is 5.56 Å². The lowest BCUT2D eigenvalue weighted by Crippen LogP contribution is -2.64. The zero-order valence-corrected chi connectivity index (χ0v) is 12.4. The number of hydrogen-bond donors (Lipinski definition) is 3. The SMILES string of the molecule is Cc1cc(S(=O)(=O)NCC2(O)CNC2)sc1Br. The summed E-state index contributed by atoms with van der Waals surface area (Å²) in [5, 5.41) is 12.7. The Labute approximate surface area is 112 Å². The monoisotopic (exact) mass is 340 g/mol. The van der Waals surface area contributed by atoms with Gasteiger partial charge in [0, 0.05) is 19.6 Å². The molecule has 2 heterocycles. The first-order chi connectivity index (χ1) is 7.82. The Balaban J connectivity index is 2.08. The average Bonchev–Trinajstić information content (AvgIpc) is 2.54. The fraction of sp³-hybridized carbons (Fsp3) is 0.556. The molecule has 1 aliphatic rings. The van der Waals surface area contributed by atoms with Crippen molar-refractivity contribution < 1.29 is 13.5 Å². The van der Waals surface area contributed by atoms with Crippen molar-refractivity contribution in [1.29, 1.82) is 0 Å². The van der Waals surface area contributed by atoms with Crippen LogP contribution < -0.4 is 10.0 Å². The molecule has 0 bridgehead atoms. The normalized spacial score (nSPS) is 19.0. The minimum absolute atomic E-state index is 0.0386. The first kappa shape index (κ1) is 13.4. The van der Waals surface area contributed by atoms with Crippen molar-refractivity contribution >= 4 is 37.3 Å². The Kier molecular flexibility index (Phi) is 3.64. The molecule has 0 unspecified atom stereocenters. The maximum Gasteiger partial charge on any atom is 0.250 e. The number of aryl methyl sites for hydroxylation is 1. The quantitative estimate of drug-likeness (QED) is 0.742. The number of aliphatic hydroxyl groups is 1. The maximum atomic E-state index is 11.9. The predicted octanol–water partition coefficient (Wildman–Crippen LogP) is 0.432. The summed E-state index contributed by atoms with van der Waals surface area (Å²) >= 11 is 4.46. The molecule has 8 heteroatoms. The largest absolute Gasteiger partial charge is 0.386 e. The number of nitrogens with one attached hydrogen (secondary N) is 2. The summed E-state index contributed by atoms with van der Waals surface area (Å²) in [5.41, 5.74) is -0.0595. The fourth-order valence-electron chi connectivity index (χ4n) is 1.40. The number of sulfonamides is 1. The summed E-state index contributed by atoms with van der Waals surface area (Å²) in [6, 6.07) is 1.61. The summed E-state index contributed by atoms with van der Waals surface area (Å²) in [5.74, 6) is 0. The van der Waals surface area contributed by atoms with Gasteiger partial charge in [-0.1, -0.05) is 0 Å². The lowest BCUT2D eigenvalue weighted by molar-refractivity contribution is -0.00396. The van der Waals surface area contributed by atoms with Crippen molar-refractivity contribution in [3.8, 4) is 0 Å². The van der Waals surface area contributed by atoms with Gasteiger partial charge in [-0.2, -0.15) is 0 Å². The third kappa shape index (κ3) is 2.88. The van der Waals surface area contributed by atoms with E-state index in [9.17, 15) is 13.5 Å². The highest BCUT2D eigenvalue weighted by molar-refractivity contribution is 9.11. The van der Waals surface area contributed by atoms with Gasteiger partial charge in [-0.15, -0.1) is 11.3 Å². The molecule has 1 aromatic rings. The molecule has 1 fully saturated rings. The van der Waals surface area contributed by atoms with Crippen molar-refractivity contribution in [2.75, 3.05) is 19.6 Å². The topological polar surface area (TPSA) is 78.4 Å². The second-order valence-electron chi connectivity index (χ2n) is 4.17. The first-order valence-electron chi connectivity index (χ1n) is 5.01. The van der Waals surface area contributed by atoms with Crippen molar-refractivity contribution in [3.63, 3.8) is 0 Å². The van der Waals surface area contributed by atoms with E-state index in [0.717, 1.165) is 9.35 Å². The van der Waals surface area contributed by atoms with E-state index >= 15 is 0 Å². The maximum absolute atomic E-state index is 11.9. The summed E-state index contributed by atoms with van der Waals surface area (Å²) in [4.78, 5) is 0. The molecule has 5 nitrogen and oxygen atoms in total. The standard InChI is InChI=1S/C9H13BrN2O3S2/c1-6-2-7(16-8(6)10)17(14,15)12-5-9(13)3-11-4-9/h2,11-13H,3-5H2,1H3. The van der Waals surface area contributed by atoms with Gasteiger partial charge in [0.2, 0.25) is 10.0 Å². The van der Waals surface area contributed by atoms with Gasteiger partial charge in [-0.3, -0.25) is 0 Å². The highest BCUT2D eigenvalue weighted by atomic mass is 79.9. The summed E-state index contributed by atoms with van der Waals surface area (Å²) in [7, 11) is -3.52. The summed E-state index contributed by atoms with van der Waals surface area (Å²) < 4.78 is 27.4. The van der Waals surface area contributed by atoms with E-state index in [0.29, 0.717) is 13.1 Å². The number of rotatable bonds is 4. The van der Waals surface area contributed by atoms with Crippen LogP contribution >= 0.6 is 27.3 Å². The molecule has 0 atom stereocenters. The Hall–Kier alpha value is 0.01000. The van der Waals surface area contributed by atoms with Gasteiger partial charge >= 0.3 is 0 Å². The van der Waals surface area contributed by atoms with Crippen LogP contribution in [-0.2, 0) is 10.0 Å². The van der Waals surface area contributed by atoms with Crippen molar-refractivity contribution in [2.24, 2.45) is 0 Å². The van der Waals surface area contributed by atoms with E-state index in [2.05, 4.69) is 26.0 Å². The first-order valence-corrected chi connectivity index (χ1v) is 8.10. The van der Waals surface area contributed by atoms with E-state index in [1.165, 1.54) is 11.3 Å². The molecule has 0 amide bonds. The smallest absolute Gasteiger partial charge is 0.250 e. The minimum atomic E-state index is -3.52. The molecule has 1 aliphatic heterocycles. The van der Waals surface area contributed by atoms with Crippen molar-refractivity contribution in [1.82, 2.24) is 10.0 Å². The molecule has 1 saturated heterocycles. The molecule has 0 radical (unpaired) electrons. The molecule has 0 spiro atoms. The van der Waals surface area contributed by atoms with Crippen molar-refractivity contribution in [3.05, 3.63) is 15.4 Å². The van der Waals surface area contributed by atoms with Gasteiger partial charge in [0.25, 0.3) is 0 Å². The van der Waals surface area contributed by atoms with Gasteiger partial charge in [0.1, 0.15) is 9.81 Å². The molecule has 0 aliphatic carbocycles. The molecule has 0 saturated carbocycles. The third-order valence-electron chi connectivity index (χ3n) is 2.60. The molecule has 96 valence electrons. The molecule has 2 rings (SSSR count). The minimum Gasteiger partial charge on any atom is -0.386 e. The zero-order valence-electron chi connectivity index (χ0n) is 9.16. The third-order valence-corrected chi connectivity index (χ3v) is 6.61. The van der Waals surface area contributed by atoms with E-state index in [4.69, 9.17) is 0 Å². The van der Waals surface area contributed by atoms with Gasteiger partial charge in [0.15, 0.2) is 0 Å². The highest BCUT2D eigenvalue weighted by Crippen LogP contribution is 2.30. The number of hydrogen-bond acceptors (Lipinski definition) is 5. The Morgan fingerprint density at radius 1 is 1.65 bits per heavy atom. The van der Waals surface area contributed by atoms with Crippen LogP contribution in [0.3, 0.4) is 0 Å². The Bertz CT molecular complexity index is 503. The van der Waals surface area contributed by atoms with E-state index in [1.54, 1.807) is 6.07 Å². The number of β-amino-alcohol motifs (C(OH)–C–C–N with tert-alkyl or cyclic N) is 1. The van der Waals surface area contributed by atoms with Gasteiger partial charge in [-0.05, 0) is 34.5 Å². The highest BCUT2D eigenvalue weighted by Gasteiger charge is 2.35.